The molecule has 0 bridgehead atoms. The molecule has 0 saturated heterocycles. The van der Waals surface area contributed by atoms with Crippen LogP contribution in [0.4, 0.5) is 23.0 Å². The summed E-state index contributed by atoms with van der Waals surface area (Å²) < 4.78 is 0. The van der Waals surface area contributed by atoms with Gasteiger partial charge in [-0.15, -0.1) is 0 Å². The van der Waals surface area contributed by atoms with E-state index < -0.39 is 0 Å². The van der Waals surface area contributed by atoms with Crippen molar-refractivity contribution in [2.45, 2.75) is 65.7 Å². The van der Waals surface area contributed by atoms with Crippen molar-refractivity contribution in [1.29, 1.82) is 0 Å². The van der Waals surface area contributed by atoms with Gasteiger partial charge in [-0.2, -0.15) is 0 Å². The van der Waals surface area contributed by atoms with E-state index in [1.165, 1.54) is 32.6 Å². The molecule has 0 spiro atoms. The molecule has 0 unspecified atom stereocenters. The average Bonchev–Trinajstić information content (AvgIpc) is 3.46. The number of amides is 1. The maximum absolute atomic E-state index is 12.6. The molecule has 7 nitrogen and oxygen atoms in total. The predicted octanol–water partition coefficient (Wildman–Crippen LogP) is 7.55. The van der Waals surface area contributed by atoms with Gasteiger partial charge in [0, 0.05) is 55.3 Å². The third-order valence-corrected chi connectivity index (χ3v) is 7.38. The lowest BCUT2D eigenvalue weighted by atomic mass is 9.97. The summed E-state index contributed by atoms with van der Waals surface area (Å²) in [5.41, 5.74) is 5.46. The minimum Gasteiger partial charge on any atom is -0.371 e. The van der Waals surface area contributed by atoms with Gasteiger partial charge < -0.3 is 15.5 Å². The first-order chi connectivity index (χ1) is 19.4. The Morgan fingerprint density at radius 1 is 0.950 bits per heavy atom. The fourth-order valence-corrected chi connectivity index (χ4v) is 5.22. The van der Waals surface area contributed by atoms with Gasteiger partial charge in [0.1, 0.15) is 0 Å². The summed E-state index contributed by atoms with van der Waals surface area (Å²) in [6, 6.07) is 17.8. The number of allylic oxidation sites excluding steroid dienone is 1. The highest BCUT2D eigenvalue weighted by atomic mass is 16.1. The molecule has 1 aliphatic rings. The van der Waals surface area contributed by atoms with Gasteiger partial charge in [-0.3, -0.25) is 9.59 Å². The van der Waals surface area contributed by atoms with E-state index >= 15 is 0 Å². The van der Waals surface area contributed by atoms with Crippen molar-refractivity contribution in [1.82, 2.24) is 9.97 Å². The van der Waals surface area contributed by atoms with Gasteiger partial charge in [0.25, 0.3) is 0 Å². The molecule has 0 radical (unpaired) electrons. The zero-order valence-electron chi connectivity index (χ0n) is 24.0. The Morgan fingerprint density at radius 2 is 1.65 bits per heavy atom. The number of hydrogen-bond donors (Lipinski definition) is 2. The number of carbonyl (C=O) groups is 2. The van der Waals surface area contributed by atoms with E-state index in [1.807, 2.05) is 49.4 Å². The van der Waals surface area contributed by atoms with E-state index in [0.717, 1.165) is 59.8 Å². The zero-order chi connectivity index (χ0) is 28.3. The van der Waals surface area contributed by atoms with Gasteiger partial charge >= 0.3 is 0 Å². The van der Waals surface area contributed by atoms with E-state index in [9.17, 15) is 9.59 Å². The molecule has 7 heteroatoms. The predicted molar refractivity (Wildman–Crippen MR) is 164 cm³/mol. The summed E-state index contributed by atoms with van der Waals surface area (Å²) in [6.07, 6.45) is 11.4. The summed E-state index contributed by atoms with van der Waals surface area (Å²) in [7, 11) is 0. The monoisotopic (exact) mass is 539 g/mol. The third kappa shape index (κ3) is 8.50. The van der Waals surface area contributed by atoms with Crippen LogP contribution >= 0.6 is 0 Å². The maximum Gasteiger partial charge on any atom is 0.227 e. The van der Waals surface area contributed by atoms with Crippen LogP contribution < -0.4 is 15.5 Å². The van der Waals surface area contributed by atoms with E-state index in [2.05, 4.69) is 50.6 Å². The zero-order valence-corrected chi connectivity index (χ0v) is 24.0. The van der Waals surface area contributed by atoms with Crippen LogP contribution in [0.25, 0.3) is 11.3 Å². The van der Waals surface area contributed by atoms with Gasteiger partial charge in [-0.1, -0.05) is 50.8 Å². The van der Waals surface area contributed by atoms with Crippen molar-refractivity contribution < 1.29 is 9.59 Å². The number of hydrogen-bond acceptors (Lipinski definition) is 6. The summed E-state index contributed by atoms with van der Waals surface area (Å²) in [5.74, 6) is 1.33. The topological polar surface area (TPSA) is 87.2 Å². The van der Waals surface area contributed by atoms with Crippen molar-refractivity contribution in [3.63, 3.8) is 0 Å². The molecule has 2 N–H and O–H groups in total. The molecule has 40 heavy (non-hydrogen) atoms. The van der Waals surface area contributed by atoms with Crippen LogP contribution in [0.5, 0.6) is 0 Å². The van der Waals surface area contributed by atoms with Crippen LogP contribution in [0, 0.1) is 5.92 Å². The average molecular weight is 540 g/mol. The lowest BCUT2D eigenvalue weighted by Gasteiger charge is -2.24. The highest BCUT2D eigenvalue weighted by molar-refractivity contribution is 5.94. The first-order valence-corrected chi connectivity index (χ1v) is 14.4. The van der Waals surface area contributed by atoms with Crippen molar-refractivity contribution in [2.24, 2.45) is 5.92 Å². The lowest BCUT2D eigenvalue weighted by molar-refractivity contribution is -0.116. The van der Waals surface area contributed by atoms with Gasteiger partial charge in [0.15, 0.2) is 5.78 Å². The second-order valence-corrected chi connectivity index (χ2v) is 10.6. The highest BCUT2D eigenvalue weighted by Gasteiger charge is 2.19. The van der Waals surface area contributed by atoms with Crippen LogP contribution in [-0.4, -0.2) is 34.7 Å². The summed E-state index contributed by atoms with van der Waals surface area (Å²) >= 11 is 0. The largest absolute Gasteiger partial charge is 0.371 e. The normalized spacial score (nSPS) is 13.7. The molecule has 1 fully saturated rings. The Balaban J connectivity index is 1.34. The number of aromatic nitrogens is 2. The standard InChI is InChI=1S/C33H41N5O2/c1-4-21-38(22-7-8-24(2)32(40)23-26-9-5-6-10-26)30-17-15-29(16-18-30)36-33-34-20-19-31(37-33)27-11-13-28(14-12-27)35-25(3)39/h8,11-20,26H,4-7,9-10,21-23H2,1-3H3,(H,35,39)(H,34,36,37)/b24-8-. The number of ketones is 1. The van der Waals surface area contributed by atoms with Crippen molar-refractivity contribution >= 4 is 34.7 Å². The molecule has 0 atom stereocenters. The fraction of sp³-hybridized carbons (Fsp3) is 0.394. The molecule has 2 aromatic carbocycles. The second-order valence-electron chi connectivity index (χ2n) is 10.6. The molecule has 4 rings (SSSR count). The first kappa shape index (κ1) is 29.0. The molecule has 3 aromatic rings. The lowest BCUT2D eigenvalue weighted by Crippen LogP contribution is -2.25. The van der Waals surface area contributed by atoms with Crippen LogP contribution in [-0.2, 0) is 9.59 Å². The first-order valence-electron chi connectivity index (χ1n) is 14.4. The molecule has 210 valence electrons. The van der Waals surface area contributed by atoms with Crippen LogP contribution in [0.3, 0.4) is 0 Å². The smallest absolute Gasteiger partial charge is 0.227 e. The Kier molecular flexibility index (Phi) is 10.4. The molecule has 0 aliphatic heterocycles. The number of nitrogens with zero attached hydrogens (tertiary/aromatic N) is 3. The quantitative estimate of drug-likeness (QED) is 0.218. The molecule has 1 aliphatic carbocycles. The van der Waals surface area contributed by atoms with Crippen LogP contribution in [0.1, 0.15) is 65.7 Å². The van der Waals surface area contributed by atoms with Crippen molar-refractivity contribution in [3.8, 4) is 11.3 Å². The van der Waals surface area contributed by atoms with Gasteiger partial charge in [-0.05, 0) is 73.7 Å². The molecule has 1 heterocycles. The summed E-state index contributed by atoms with van der Waals surface area (Å²) in [5, 5.41) is 6.08. The Morgan fingerprint density at radius 3 is 2.33 bits per heavy atom. The second kappa shape index (κ2) is 14.4. The van der Waals surface area contributed by atoms with E-state index in [4.69, 9.17) is 0 Å². The highest BCUT2D eigenvalue weighted by Crippen LogP contribution is 2.29. The minimum absolute atomic E-state index is 0.0988. The van der Waals surface area contributed by atoms with Gasteiger partial charge in [-0.25, -0.2) is 9.97 Å². The van der Waals surface area contributed by atoms with Gasteiger partial charge in [0.2, 0.25) is 11.9 Å². The van der Waals surface area contributed by atoms with Crippen LogP contribution in [0.2, 0.25) is 0 Å². The van der Waals surface area contributed by atoms with Crippen molar-refractivity contribution in [2.75, 3.05) is 28.6 Å². The number of carbonyl (C=O) groups excluding carboxylic acids is 2. The number of anilines is 4. The molecular weight excluding hydrogens is 498 g/mol. The molecule has 1 amide bonds. The Labute approximate surface area is 238 Å². The van der Waals surface area contributed by atoms with Crippen molar-refractivity contribution in [3.05, 3.63) is 72.4 Å². The molecule has 1 saturated carbocycles. The van der Waals surface area contributed by atoms with Gasteiger partial charge in [0.05, 0.1) is 5.69 Å². The number of nitrogens with one attached hydrogen (secondary N) is 2. The van der Waals surface area contributed by atoms with E-state index in [1.54, 1.807) is 6.20 Å². The maximum atomic E-state index is 12.6. The van der Waals surface area contributed by atoms with E-state index in [-0.39, 0.29) is 5.91 Å². The molecule has 1 aromatic heterocycles. The third-order valence-electron chi connectivity index (χ3n) is 7.38. The number of Topliss-reactive ketones (excluding diaryl/α,β-unsaturated/α-hetero) is 1. The van der Waals surface area contributed by atoms with Crippen LogP contribution in [0.15, 0.2) is 72.4 Å². The SMILES string of the molecule is CCCN(CC/C=C(/C)C(=O)CC1CCCC1)c1ccc(Nc2nccc(-c3ccc(NC(C)=O)cc3)n2)cc1. The minimum atomic E-state index is -0.0988. The molecular formula is C33H41N5O2. The summed E-state index contributed by atoms with van der Waals surface area (Å²) in [6.45, 7) is 7.49. The van der Waals surface area contributed by atoms with E-state index in [0.29, 0.717) is 24.1 Å². The number of rotatable bonds is 13. The Hall–Kier alpha value is -4.00. The Bertz CT molecular complexity index is 1300. The number of benzene rings is 2. The fourth-order valence-electron chi connectivity index (χ4n) is 5.22. The summed E-state index contributed by atoms with van der Waals surface area (Å²) in [4.78, 5) is 35.3.